The summed E-state index contributed by atoms with van der Waals surface area (Å²) in [7, 11) is 5.20. The quantitative estimate of drug-likeness (QED) is 0.148. The van der Waals surface area contributed by atoms with Crippen molar-refractivity contribution in [1.29, 1.82) is 0 Å². The van der Waals surface area contributed by atoms with Crippen molar-refractivity contribution in [2.45, 2.75) is 57.8 Å². The standard InChI is InChI=1S/C42H45N7O5/c1-42(2,3)54-41(50)48-24-26-18-34(48)35(19-26)49-39-33(29-22-45-47(4)25-29)23-44-40(43-21-28-14-17-32(51-5)20-36(28)52-6)37(39)38(46-49)27-12-15-31(16-13-27)53-30-10-8-7-9-11-30/h7-17,20,22-23,25-26,34-35H,18-19,21,24H2,1-6H3,(H,43,44). The zero-order valence-electron chi connectivity index (χ0n) is 31.4. The number of ether oxygens (including phenoxy) is 4. The predicted molar refractivity (Wildman–Crippen MR) is 207 cm³/mol. The molecular formula is C42H45N7O5. The Kier molecular flexibility index (Phi) is 9.12. The van der Waals surface area contributed by atoms with Gasteiger partial charge in [-0.3, -0.25) is 9.36 Å². The van der Waals surface area contributed by atoms with Crippen LogP contribution >= 0.6 is 0 Å². The fraction of sp³-hybridized carbons (Fsp3) is 0.333. The minimum absolute atomic E-state index is 0.0719. The molecule has 54 heavy (non-hydrogen) atoms. The number of pyridine rings is 1. The van der Waals surface area contributed by atoms with Gasteiger partial charge >= 0.3 is 6.09 Å². The smallest absolute Gasteiger partial charge is 0.410 e. The first-order valence-electron chi connectivity index (χ1n) is 18.3. The van der Waals surface area contributed by atoms with Crippen LogP contribution in [0.1, 0.15) is 45.2 Å². The summed E-state index contributed by atoms with van der Waals surface area (Å²) in [6.45, 7) is 6.84. The number of carbonyl (C=O) groups excluding carboxylic acids is 1. The molecule has 2 fully saturated rings. The first-order chi connectivity index (χ1) is 26.1. The van der Waals surface area contributed by atoms with Gasteiger partial charge < -0.3 is 29.2 Å². The molecule has 12 heteroatoms. The van der Waals surface area contributed by atoms with Crippen LogP contribution in [-0.4, -0.2) is 67.9 Å². The van der Waals surface area contributed by atoms with Crippen molar-refractivity contribution in [2.75, 3.05) is 26.1 Å². The Morgan fingerprint density at radius 2 is 1.63 bits per heavy atom. The van der Waals surface area contributed by atoms with Crippen molar-refractivity contribution >= 4 is 22.8 Å². The Balaban J connectivity index is 1.27. The van der Waals surface area contributed by atoms with Crippen LogP contribution in [0.2, 0.25) is 0 Å². The highest BCUT2D eigenvalue weighted by Crippen LogP contribution is 2.49. The molecule has 3 atom stereocenters. The van der Waals surface area contributed by atoms with Crippen LogP contribution in [0.4, 0.5) is 10.6 Å². The number of methoxy groups -OCH3 is 2. The van der Waals surface area contributed by atoms with Gasteiger partial charge in [-0.25, -0.2) is 9.78 Å². The van der Waals surface area contributed by atoms with Crippen molar-refractivity contribution < 1.29 is 23.7 Å². The van der Waals surface area contributed by atoms with Gasteiger partial charge in [-0.1, -0.05) is 18.2 Å². The number of amides is 1. The van der Waals surface area contributed by atoms with E-state index in [4.69, 9.17) is 29.0 Å². The molecule has 3 aromatic heterocycles. The molecule has 278 valence electrons. The Morgan fingerprint density at radius 1 is 0.889 bits per heavy atom. The number of anilines is 1. The number of likely N-dealkylation sites (tertiary alicyclic amines) is 1. The maximum Gasteiger partial charge on any atom is 0.410 e. The van der Waals surface area contributed by atoms with Gasteiger partial charge in [0.15, 0.2) is 0 Å². The van der Waals surface area contributed by atoms with Crippen LogP contribution in [0.25, 0.3) is 33.3 Å². The van der Waals surface area contributed by atoms with Crippen molar-refractivity contribution in [2.24, 2.45) is 13.0 Å². The lowest BCUT2D eigenvalue weighted by atomic mass is 10.0. The van der Waals surface area contributed by atoms with Gasteiger partial charge in [0, 0.05) is 60.9 Å². The summed E-state index contributed by atoms with van der Waals surface area (Å²) in [6.07, 6.45) is 7.24. The number of hydrogen-bond donors (Lipinski definition) is 1. The van der Waals surface area contributed by atoms with E-state index < -0.39 is 5.60 Å². The third-order valence-electron chi connectivity index (χ3n) is 10.2. The normalized spacial score (nSPS) is 17.9. The second-order valence-electron chi connectivity index (χ2n) is 15.0. The first-order valence-corrected chi connectivity index (χ1v) is 18.3. The molecule has 1 saturated heterocycles. The molecule has 12 nitrogen and oxygen atoms in total. The molecule has 6 aromatic rings. The summed E-state index contributed by atoms with van der Waals surface area (Å²) in [5.74, 6) is 3.91. The van der Waals surface area contributed by atoms with Gasteiger partial charge in [-0.2, -0.15) is 10.2 Å². The molecule has 0 radical (unpaired) electrons. The maximum absolute atomic E-state index is 13.6. The zero-order valence-corrected chi connectivity index (χ0v) is 31.4. The fourth-order valence-corrected chi connectivity index (χ4v) is 7.79. The number of carbonyl (C=O) groups is 1. The number of piperidine rings is 1. The van der Waals surface area contributed by atoms with E-state index in [1.54, 1.807) is 18.9 Å². The predicted octanol–water partition coefficient (Wildman–Crippen LogP) is 8.49. The van der Waals surface area contributed by atoms with E-state index in [-0.39, 0.29) is 18.2 Å². The largest absolute Gasteiger partial charge is 0.497 e. The highest BCUT2D eigenvalue weighted by atomic mass is 16.6. The molecule has 2 bridgehead atoms. The molecule has 1 aliphatic carbocycles. The molecule has 3 aromatic carbocycles. The number of hydrogen-bond acceptors (Lipinski definition) is 9. The fourth-order valence-electron chi connectivity index (χ4n) is 7.79. The number of rotatable bonds is 10. The highest BCUT2D eigenvalue weighted by molar-refractivity contribution is 6.07. The van der Waals surface area contributed by atoms with E-state index in [9.17, 15) is 4.79 Å². The molecule has 4 heterocycles. The van der Waals surface area contributed by atoms with Gasteiger partial charge in [-0.05, 0) is 88.1 Å². The second kappa shape index (κ2) is 14.1. The Hall–Kier alpha value is -6.04. The molecule has 0 spiro atoms. The van der Waals surface area contributed by atoms with E-state index in [0.29, 0.717) is 42.1 Å². The molecule has 1 N–H and O–H groups in total. The molecule has 3 unspecified atom stereocenters. The van der Waals surface area contributed by atoms with Crippen LogP contribution in [0.5, 0.6) is 23.0 Å². The minimum atomic E-state index is -0.595. The molecule has 1 saturated carbocycles. The highest BCUT2D eigenvalue weighted by Gasteiger charge is 2.50. The minimum Gasteiger partial charge on any atom is -0.497 e. The first kappa shape index (κ1) is 35.0. The lowest BCUT2D eigenvalue weighted by Crippen LogP contribution is -2.45. The van der Waals surface area contributed by atoms with Crippen molar-refractivity contribution in [3.05, 3.63) is 97.0 Å². The molecule has 1 aliphatic heterocycles. The number of fused-ring (bicyclic) bond motifs is 3. The SMILES string of the molecule is COc1ccc(CNc2ncc(-c3cnn(C)c3)c3c2c(-c2ccc(Oc4ccccc4)cc2)nn3C2CC3CC2N(C(=O)OC(C)(C)C)C3)c(OC)c1. The zero-order chi connectivity index (χ0) is 37.6. The van der Waals surface area contributed by atoms with Crippen LogP contribution in [0, 0.1) is 5.92 Å². The Labute approximate surface area is 314 Å². The van der Waals surface area contributed by atoms with Gasteiger partial charge in [0.2, 0.25) is 0 Å². The van der Waals surface area contributed by atoms with Gasteiger partial charge in [-0.15, -0.1) is 0 Å². The van der Waals surface area contributed by atoms with Crippen molar-refractivity contribution in [3.8, 4) is 45.4 Å². The lowest BCUT2D eigenvalue weighted by molar-refractivity contribution is 0.0136. The molecular weight excluding hydrogens is 683 g/mol. The van der Waals surface area contributed by atoms with E-state index in [1.807, 2.05) is 124 Å². The number of nitrogens with zero attached hydrogens (tertiary/aromatic N) is 6. The van der Waals surface area contributed by atoms with Crippen molar-refractivity contribution in [3.63, 3.8) is 0 Å². The van der Waals surface area contributed by atoms with Gasteiger partial charge in [0.25, 0.3) is 0 Å². The third-order valence-corrected chi connectivity index (χ3v) is 10.2. The van der Waals surface area contributed by atoms with Crippen molar-refractivity contribution in [1.82, 2.24) is 29.4 Å². The number of aromatic nitrogens is 5. The summed E-state index contributed by atoms with van der Waals surface area (Å²) >= 11 is 0. The average Bonchev–Trinajstić information content (AvgIpc) is 3.98. The maximum atomic E-state index is 13.6. The number of aryl methyl sites for hydroxylation is 1. The summed E-state index contributed by atoms with van der Waals surface area (Å²) in [4.78, 5) is 20.5. The topological polar surface area (TPSA) is 118 Å². The van der Waals surface area contributed by atoms with E-state index in [1.165, 1.54) is 0 Å². The van der Waals surface area contributed by atoms with Crippen LogP contribution in [0.15, 0.2) is 91.4 Å². The molecule has 1 amide bonds. The number of nitrogens with one attached hydrogen (secondary N) is 1. The van der Waals surface area contributed by atoms with Crippen LogP contribution in [-0.2, 0) is 18.3 Å². The van der Waals surface area contributed by atoms with E-state index in [2.05, 4.69) is 15.1 Å². The Morgan fingerprint density at radius 3 is 2.31 bits per heavy atom. The number of benzene rings is 3. The van der Waals surface area contributed by atoms with Crippen LogP contribution in [0.3, 0.4) is 0 Å². The van der Waals surface area contributed by atoms with E-state index in [0.717, 1.165) is 57.4 Å². The summed E-state index contributed by atoms with van der Waals surface area (Å²) in [5.41, 5.74) is 4.77. The molecule has 8 rings (SSSR count). The summed E-state index contributed by atoms with van der Waals surface area (Å²) < 4.78 is 27.1. The number of para-hydroxylation sites is 1. The van der Waals surface area contributed by atoms with Crippen LogP contribution < -0.4 is 19.5 Å². The third kappa shape index (κ3) is 6.79. The lowest BCUT2D eigenvalue weighted by Gasteiger charge is -2.35. The average molecular weight is 728 g/mol. The summed E-state index contributed by atoms with van der Waals surface area (Å²) in [5, 5.41) is 14.5. The molecule has 2 aliphatic rings. The van der Waals surface area contributed by atoms with Gasteiger partial charge in [0.05, 0.1) is 43.4 Å². The second-order valence-corrected chi connectivity index (χ2v) is 15.0. The monoisotopic (exact) mass is 727 g/mol. The van der Waals surface area contributed by atoms with E-state index >= 15 is 0 Å². The summed E-state index contributed by atoms with van der Waals surface area (Å²) in [6, 6.07) is 23.3. The Bertz CT molecular complexity index is 2290. The van der Waals surface area contributed by atoms with Gasteiger partial charge in [0.1, 0.15) is 40.1 Å².